The van der Waals surface area contributed by atoms with Crippen molar-refractivity contribution < 1.29 is 29.3 Å². The zero-order chi connectivity index (χ0) is 35.3. The lowest BCUT2D eigenvalue weighted by atomic mass is 9.91. The number of thiazole rings is 2. The van der Waals surface area contributed by atoms with Crippen LogP contribution in [-0.4, -0.2) is 80.5 Å². The number of urea groups is 1. The second-order valence-corrected chi connectivity index (χ2v) is 14.0. The molecule has 1 unspecified atom stereocenters. The molecule has 14 heteroatoms. The molecule has 2 aromatic heterocycles. The van der Waals surface area contributed by atoms with E-state index in [0.29, 0.717) is 0 Å². The molecule has 0 aliphatic carbocycles. The molecule has 0 aliphatic rings. The van der Waals surface area contributed by atoms with Crippen LogP contribution in [0.15, 0.2) is 77.8 Å². The Morgan fingerprint density at radius 1 is 0.857 bits per heavy atom. The van der Waals surface area contributed by atoms with Crippen molar-refractivity contribution in [2.75, 3.05) is 7.05 Å². The highest BCUT2D eigenvalue weighted by atomic mass is 32.1. The van der Waals surface area contributed by atoms with Crippen LogP contribution in [-0.2, 0) is 35.5 Å². The lowest BCUT2D eigenvalue weighted by Gasteiger charge is -2.33. The molecule has 49 heavy (non-hydrogen) atoms. The third kappa shape index (κ3) is 11.6. The molecule has 4 rings (SSSR count). The van der Waals surface area contributed by atoms with Crippen molar-refractivity contribution in [1.82, 2.24) is 30.8 Å². The minimum absolute atomic E-state index is 0.00144. The van der Waals surface area contributed by atoms with E-state index in [0.717, 1.165) is 26.7 Å². The first-order valence-electron chi connectivity index (χ1n) is 16.0. The number of hydrogen-bond acceptors (Lipinski definition) is 10. The maximum atomic E-state index is 13.5. The summed E-state index contributed by atoms with van der Waals surface area (Å²) >= 11 is 2.88. The molecule has 0 aliphatic heterocycles. The Morgan fingerprint density at radius 3 is 1.98 bits per heavy atom. The van der Waals surface area contributed by atoms with E-state index in [1.807, 2.05) is 66.0 Å². The Kier molecular flexibility index (Phi) is 14.1. The molecular formula is C35H44N6O6S2. The summed E-state index contributed by atoms with van der Waals surface area (Å²) in [5, 5.41) is 34.3. The summed E-state index contributed by atoms with van der Waals surface area (Å²) in [6.07, 6.45) is -1.87. The zero-order valence-corrected chi connectivity index (χ0v) is 29.6. The fourth-order valence-electron chi connectivity index (χ4n) is 5.01. The normalized spacial score (nSPS) is 14.3. The van der Waals surface area contributed by atoms with Gasteiger partial charge < -0.3 is 35.8 Å². The summed E-state index contributed by atoms with van der Waals surface area (Å²) in [6, 6.07) is 15.0. The highest BCUT2D eigenvalue weighted by Crippen LogP contribution is 2.20. The van der Waals surface area contributed by atoms with Crippen LogP contribution >= 0.6 is 22.7 Å². The van der Waals surface area contributed by atoms with E-state index < -0.39 is 48.4 Å². The smallest absolute Gasteiger partial charge is 0.407 e. The average Bonchev–Trinajstić information content (AvgIpc) is 3.80. The van der Waals surface area contributed by atoms with E-state index in [-0.39, 0.29) is 31.9 Å². The molecular weight excluding hydrogens is 665 g/mol. The van der Waals surface area contributed by atoms with Crippen LogP contribution in [0.4, 0.5) is 9.59 Å². The molecule has 4 aromatic rings. The number of carbonyl (C=O) groups is 3. The van der Waals surface area contributed by atoms with Gasteiger partial charge in [-0.2, -0.15) is 0 Å². The monoisotopic (exact) mass is 708 g/mol. The van der Waals surface area contributed by atoms with Gasteiger partial charge in [0.15, 0.2) is 0 Å². The lowest BCUT2D eigenvalue weighted by Crippen LogP contribution is -2.59. The van der Waals surface area contributed by atoms with Crippen molar-refractivity contribution >= 4 is 40.7 Å². The summed E-state index contributed by atoms with van der Waals surface area (Å²) in [4.78, 5) is 50.0. The van der Waals surface area contributed by atoms with E-state index in [9.17, 15) is 24.6 Å². The topological polar surface area (TPSA) is 166 Å². The number of carbonyl (C=O) groups excluding carboxylic acids is 3. The van der Waals surface area contributed by atoms with Crippen LogP contribution in [0.3, 0.4) is 0 Å². The van der Waals surface area contributed by atoms with Crippen LogP contribution in [0.25, 0.3) is 0 Å². The largest absolute Gasteiger partial charge is 0.444 e. The van der Waals surface area contributed by atoms with Gasteiger partial charge in [0.2, 0.25) is 5.91 Å². The van der Waals surface area contributed by atoms with Gasteiger partial charge in [0.05, 0.1) is 39.7 Å². The first-order valence-corrected chi connectivity index (χ1v) is 17.8. The van der Waals surface area contributed by atoms with Gasteiger partial charge >= 0.3 is 12.1 Å². The number of ether oxygens (including phenoxy) is 1. The molecule has 2 aromatic carbocycles. The number of nitrogens with zero attached hydrogens (tertiary/aromatic N) is 3. The van der Waals surface area contributed by atoms with Crippen LogP contribution in [0, 0.1) is 0 Å². The molecule has 5 N–H and O–H groups in total. The van der Waals surface area contributed by atoms with Gasteiger partial charge in [0.25, 0.3) is 0 Å². The molecule has 0 radical (unpaired) electrons. The number of rotatable bonds is 16. The van der Waals surface area contributed by atoms with Crippen LogP contribution in [0.1, 0.15) is 53.4 Å². The zero-order valence-electron chi connectivity index (χ0n) is 28.0. The highest BCUT2D eigenvalue weighted by Gasteiger charge is 2.35. The van der Waals surface area contributed by atoms with Gasteiger partial charge in [-0.15, -0.1) is 22.7 Å². The van der Waals surface area contributed by atoms with Gasteiger partial charge in [-0.25, -0.2) is 14.6 Å². The highest BCUT2D eigenvalue weighted by molar-refractivity contribution is 7.09. The number of hydrogen-bond donors (Lipinski definition) is 5. The van der Waals surface area contributed by atoms with E-state index in [4.69, 9.17) is 4.74 Å². The number of alkyl carbamates (subject to hydrolysis) is 1. The third-order valence-corrected chi connectivity index (χ3v) is 9.72. The Bertz CT molecular complexity index is 1610. The molecule has 0 saturated heterocycles. The van der Waals surface area contributed by atoms with Crippen LogP contribution in [0.5, 0.6) is 0 Å². The second-order valence-electron chi connectivity index (χ2n) is 12.1. The molecule has 0 spiro atoms. The van der Waals surface area contributed by atoms with Crippen molar-refractivity contribution in [1.29, 1.82) is 0 Å². The van der Waals surface area contributed by atoms with Gasteiger partial charge in [-0.05, 0) is 30.9 Å². The number of aliphatic hydroxyl groups is 2. The molecule has 2 heterocycles. The van der Waals surface area contributed by atoms with Gasteiger partial charge in [-0.3, -0.25) is 9.78 Å². The Balaban J connectivity index is 1.45. The fourth-order valence-corrected chi connectivity index (χ4v) is 6.35. The quantitative estimate of drug-likeness (QED) is 0.115. The third-order valence-electron chi connectivity index (χ3n) is 7.77. The fraction of sp³-hybridized carbons (Fsp3) is 0.400. The van der Waals surface area contributed by atoms with E-state index >= 15 is 0 Å². The second kappa shape index (κ2) is 18.4. The number of nitrogens with one attached hydrogen (secondary N) is 3. The molecule has 5 atom stereocenters. The Hall–Kier alpha value is -4.37. The lowest BCUT2D eigenvalue weighted by molar-refractivity contribution is -0.125. The number of benzene rings is 2. The molecule has 262 valence electrons. The van der Waals surface area contributed by atoms with Crippen molar-refractivity contribution in [3.63, 3.8) is 0 Å². The van der Waals surface area contributed by atoms with Crippen molar-refractivity contribution in [2.45, 2.75) is 83.0 Å². The summed E-state index contributed by atoms with van der Waals surface area (Å²) in [5.41, 5.74) is 4.00. The van der Waals surface area contributed by atoms with E-state index in [2.05, 4.69) is 39.8 Å². The minimum Gasteiger partial charge on any atom is -0.444 e. The molecule has 0 bridgehead atoms. The summed E-state index contributed by atoms with van der Waals surface area (Å²) in [7, 11) is 1.62. The first kappa shape index (κ1) is 37.4. The van der Waals surface area contributed by atoms with Crippen LogP contribution < -0.4 is 16.0 Å². The SMILES string of the molecule is CC(C)c1nc(CN(C)C(=O)N[C@@H](C)C(=O)N[C@@H](Cc2ccccc2)[C@H](O)C(O)[C@@H](Cc2ccccc2)NC(=O)OCc2cncs2)cs1. The molecule has 4 amide bonds. The summed E-state index contributed by atoms with van der Waals surface area (Å²) < 4.78 is 5.35. The predicted molar refractivity (Wildman–Crippen MR) is 189 cm³/mol. The first-order chi connectivity index (χ1) is 23.5. The van der Waals surface area contributed by atoms with E-state index in [1.165, 1.54) is 27.6 Å². The number of aliphatic hydroxyl groups excluding tert-OH is 2. The van der Waals surface area contributed by atoms with Crippen molar-refractivity contribution in [2.24, 2.45) is 0 Å². The van der Waals surface area contributed by atoms with Crippen LogP contribution in [0.2, 0.25) is 0 Å². The summed E-state index contributed by atoms with van der Waals surface area (Å²) in [6.45, 7) is 5.93. The number of amides is 4. The molecule has 0 fully saturated rings. The minimum atomic E-state index is -1.52. The Labute approximate surface area is 294 Å². The van der Waals surface area contributed by atoms with Gasteiger partial charge in [0, 0.05) is 24.5 Å². The van der Waals surface area contributed by atoms with Gasteiger partial charge in [-0.1, -0.05) is 74.5 Å². The summed E-state index contributed by atoms with van der Waals surface area (Å²) in [5.74, 6) is -0.270. The predicted octanol–water partition coefficient (Wildman–Crippen LogP) is 4.24. The standard InChI is InChI=1S/C35H44N6O6S2/c1-22(2)33-38-26(20-48-33)18-41(4)34(45)37-23(3)32(44)39-28(15-24-11-7-5-8-12-24)30(42)31(43)29(16-25-13-9-6-10-14-25)40-35(46)47-19-27-17-36-21-49-27/h5-14,17,20-23,28-31,42-43H,15-16,18-19H2,1-4H3,(H,37,45)(H,39,44)(H,40,46)/t23-,28-,29+,30-,31?/m0/s1. The average molecular weight is 709 g/mol. The maximum Gasteiger partial charge on any atom is 0.407 e. The van der Waals surface area contributed by atoms with Crippen molar-refractivity contribution in [3.05, 3.63) is 104 Å². The maximum absolute atomic E-state index is 13.5. The van der Waals surface area contributed by atoms with Gasteiger partial charge in [0.1, 0.15) is 24.9 Å². The molecule has 0 saturated carbocycles. The number of aromatic nitrogens is 2. The Morgan fingerprint density at radius 2 is 1.45 bits per heavy atom. The molecule has 12 nitrogen and oxygen atoms in total. The van der Waals surface area contributed by atoms with Crippen molar-refractivity contribution in [3.8, 4) is 0 Å². The van der Waals surface area contributed by atoms with E-state index in [1.54, 1.807) is 25.7 Å².